The van der Waals surface area contributed by atoms with Crippen molar-refractivity contribution in [1.29, 1.82) is 0 Å². The molecular formula is C17H22N2O2. The highest BCUT2D eigenvalue weighted by molar-refractivity contribution is 5.95. The van der Waals surface area contributed by atoms with Crippen molar-refractivity contribution in [2.45, 2.75) is 26.8 Å². The summed E-state index contributed by atoms with van der Waals surface area (Å²) in [5, 5.41) is 12.7. The molecule has 112 valence electrons. The van der Waals surface area contributed by atoms with Crippen LogP contribution in [0.1, 0.15) is 41.4 Å². The topological polar surface area (TPSA) is 65.1 Å². The molecule has 1 atom stereocenters. The Balaban J connectivity index is 2.29. The maximum absolute atomic E-state index is 12.5. The van der Waals surface area contributed by atoms with Gasteiger partial charge in [0.2, 0.25) is 0 Å². The van der Waals surface area contributed by atoms with E-state index in [1.165, 1.54) is 0 Å². The van der Waals surface area contributed by atoms with Crippen molar-refractivity contribution in [2.75, 3.05) is 6.61 Å². The number of hydrogen-bond acceptors (Lipinski definition) is 2. The van der Waals surface area contributed by atoms with Crippen molar-refractivity contribution in [1.82, 2.24) is 10.3 Å². The molecule has 0 saturated carbocycles. The molecule has 0 bridgehead atoms. The lowest BCUT2D eigenvalue weighted by Gasteiger charge is -2.33. The Morgan fingerprint density at radius 1 is 1.29 bits per heavy atom. The van der Waals surface area contributed by atoms with E-state index >= 15 is 0 Å². The van der Waals surface area contributed by atoms with Crippen LogP contribution in [0.25, 0.3) is 0 Å². The van der Waals surface area contributed by atoms with Gasteiger partial charge in [0.15, 0.2) is 0 Å². The van der Waals surface area contributed by atoms with E-state index in [-0.39, 0.29) is 18.6 Å². The lowest BCUT2D eigenvalue weighted by molar-refractivity contribution is 0.0808. The first-order valence-electron chi connectivity index (χ1n) is 7.06. The molecule has 4 heteroatoms. The summed E-state index contributed by atoms with van der Waals surface area (Å²) < 4.78 is 0. The van der Waals surface area contributed by atoms with Crippen LogP contribution >= 0.6 is 0 Å². The first-order chi connectivity index (χ1) is 9.95. The molecular weight excluding hydrogens is 264 g/mol. The summed E-state index contributed by atoms with van der Waals surface area (Å²) >= 11 is 0. The van der Waals surface area contributed by atoms with E-state index in [0.717, 1.165) is 11.1 Å². The van der Waals surface area contributed by atoms with E-state index in [1.807, 2.05) is 51.1 Å². The molecule has 4 nitrogen and oxygen atoms in total. The molecule has 0 saturated heterocycles. The number of amides is 1. The van der Waals surface area contributed by atoms with Crippen molar-refractivity contribution >= 4 is 5.91 Å². The van der Waals surface area contributed by atoms with E-state index in [2.05, 4.69) is 10.3 Å². The van der Waals surface area contributed by atoms with Crippen LogP contribution in [0.2, 0.25) is 0 Å². The van der Waals surface area contributed by atoms with Crippen LogP contribution in [0, 0.1) is 12.3 Å². The fourth-order valence-electron chi connectivity index (χ4n) is 2.36. The van der Waals surface area contributed by atoms with Gasteiger partial charge in [-0.2, -0.15) is 0 Å². The van der Waals surface area contributed by atoms with Crippen molar-refractivity contribution in [2.24, 2.45) is 5.41 Å². The molecule has 2 aromatic rings. The van der Waals surface area contributed by atoms with Gasteiger partial charge in [0.05, 0.1) is 18.2 Å². The van der Waals surface area contributed by atoms with Gasteiger partial charge in [0.1, 0.15) is 0 Å². The molecule has 0 aliphatic heterocycles. The molecule has 0 radical (unpaired) electrons. The zero-order valence-electron chi connectivity index (χ0n) is 12.7. The number of benzene rings is 1. The van der Waals surface area contributed by atoms with Crippen LogP contribution in [0.5, 0.6) is 0 Å². The van der Waals surface area contributed by atoms with Crippen LogP contribution in [0.15, 0.2) is 42.7 Å². The first kappa shape index (κ1) is 15.3. The Morgan fingerprint density at radius 2 is 1.95 bits per heavy atom. The third-order valence-corrected chi connectivity index (χ3v) is 3.79. The maximum Gasteiger partial charge on any atom is 0.253 e. The number of aryl methyl sites for hydroxylation is 1. The van der Waals surface area contributed by atoms with Crippen molar-refractivity contribution < 1.29 is 9.90 Å². The monoisotopic (exact) mass is 286 g/mol. The Hall–Kier alpha value is -2.07. The van der Waals surface area contributed by atoms with Crippen LogP contribution in [-0.2, 0) is 0 Å². The minimum Gasteiger partial charge on any atom is -0.396 e. The Bertz CT molecular complexity index is 602. The fraction of sp³-hybridized carbons (Fsp3) is 0.353. The van der Waals surface area contributed by atoms with E-state index in [4.69, 9.17) is 0 Å². The van der Waals surface area contributed by atoms with E-state index in [9.17, 15) is 9.90 Å². The van der Waals surface area contributed by atoms with Gasteiger partial charge in [-0.3, -0.25) is 4.79 Å². The molecule has 0 spiro atoms. The summed E-state index contributed by atoms with van der Waals surface area (Å²) in [4.78, 5) is 15.4. The summed E-state index contributed by atoms with van der Waals surface area (Å²) in [6.07, 6.45) is 3.49. The number of carbonyl (C=O) groups is 1. The largest absolute Gasteiger partial charge is 0.396 e. The van der Waals surface area contributed by atoms with Gasteiger partial charge in [-0.1, -0.05) is 44.2 Å². The highest BCUT2D eigenvalue weighted by Crippen LogP contribution is 2.33. The standard InChI is InChI=1S/C17H22N2O2/c1-12-9-18-10-14(12)16(21)19-15(17(2,3)11-20)13-7-5-4-6-8-13/h4-10,15,18,20H,11H2,1-3H3,(H,19,21)/t15-/m0/s1. The molecule has 0 fully saturated rings. The zero-order chi connectivity index (χ0) is 15.5. The Kier molecular flexibility index (Phi) is 4.48. The number of aromatic nitrogens is 1. The average molecular weight is 286 g/mol. The SMILES string of the molecule is Cc1c[nH]cc1C(=O)N[C@@H](c1ccccc1)C(C)(C)CO. The normalized spacial score (nSPS) is 13.0. The molecule has 0 aliphatic rings. The third-order valence-electron chi connectivity index (χ3n) is 3.79. The minimum atomic E-state index is -0.457. The lowest BCUT2D eigenvalue weighted by atomic mass is 9.81. The second kappa shape index (κ2) is 6.14. The van der Waals surface area contributed by atoms with Crippen molar-refractivity contribution in [3.05, 3.63) is 59.4 Å². The zero-order valence-corrected chi connectivity index (χ0v) is 12.7. The van der Waals surface area contributed by atoms with Crippen molar-refractivity contribution in [3.63, 3.8) is 0 Å². The predicted octanol–water partition coefficient (Wildman–Crippen LogP) is 2.81. The van der Waals surface area contributed by atoms with Gasteiger partial charge >= 0.3 is 0 Å². The molecule has 1 aromatic carbocycles. The van der Waals surface area contributed by atoms with Gasteiger partial charge in [-0.15, -0.1) is 0 Å². The first-order valence-corrected chi connectivity index (χ1v) is 7.06. The third kappa shape index (κ3) is 3.34. The highest BCUT2D eigenvalue weighted by atomic mass is 16.3. The van der Waals surface area contributed by atoms with Gasteiger partial charge in [-0.05, 0) is 18.1 Å². The number of aliphatic hydroxyl groups excluding tert-OH is 1. The summed E-state index contributed by atoms with van der Waals surface area (Å²) in [5.41, 5.74) is 2.06. The molecule has 0 unspecified atom stereocenters. The number of hydrogen-bond donors (Lipinski definition) is 3. The van der Waals surface area contributed by atoms with Gasteiger partial charge in [0.25, 0.3) is 5.91 Å². The minimum absolute atomic E-state index is 0.0149. The Morgan fingerprint density at radius 3 is 2.48 bits per heavy atom. The summed E-state index contributed by atoms with van der Waals surface area (Å²) in [6.45, 7) is 5.75. The second-order valence-corrected chi connectivity index (χ2v) is 6.02. The fourth-order valence-corrected chi connectivity index (χ4v) is 2.36. The molecule has 21 heavy (non-hydrogen) atoms. The number of aliphatic hydroxyl groups is 1. The van der Waals surface area contributed by atoms with Gasteiger partial charge in [0, 0.05) is 17.8 Å². The molecule has 1 heterocycles. The smallest absolute Gasteiger partial charge is 0.253 e. The Labute approximate surface area is 125 Å². The van der Waals surface area contributed by atoms with Crippen LogP contribution in [0.3, 0.4) is 0 Å². The predicted molar refractivity (Wildman–Crippen MR) is 83.0 cm³/mol. The summed E-state index contributed by atoms with van der Waals surface area (Å²) in [6, 6.07) is 9.47. The van der Waals surface area contributed by atoms with Crippen LogP contribution < -0.4 is 5.32 Å². The average Bonchev–Trinajstić information content (AvgIpc) is 2.91. The maximum atomic E-state index is 12.5. The molecule has 0 aliphatic carbocycles. The quantitative estimate of drug-likeness (QED) is 0.791. The molecule has 1 aromatic heterocycles. The summed E-state index contributed by atoms with van der Waals surface area (Å²) in [7, 11) is 0. The van der Waals surface area contributed by atoms with Gasteiger partial charge in [-0.25, -0.2) is 0 Å². The van der Waals surface area contributed by atoms with E-state index in [1.54, 1.807) is 12.4 Å². The molecule has 2 rings (SSSR count). The van der Waals surface area contributed by atoms with E-state index in [0.29, 0.717) is 5.56 Å². The molecule has 3 N–H and O–H groups in total. The molecule has 1 amide bonds. The number of carbonyl (C=O) groups excluding carboxylic acids is 1. The lowest BCUT2D eigenvalue weighted by Crippen LogP contribution is -2.40. The van der Waals surface area contributed by atoms with Crippen molar-refractivity contribution in [3.8, 4) is 0 Å². The van der Waals surface area contributed by atoms with E-state index < -0.39 is 5.41 Å². The second-order valence-electron chi connectivity index (χ2n) is 6.02. The number of H-pyrrole nitrogens is 1. The van der Waals surface area contributed by atoms with Crippen LogP contribution in [-0.4, -0.2) is 22.6 Å². The van der Waals surface area contributed by atoms with Crippen LogP contribution in [0.4, 0.5) is 0 Å². The van der Waals surface area contributed by atoms with Gasteiger partial charge < -0.3 is 15.4 Å². The highest BCUT2D eigenvalue weighted by Gasteiger charge is 2.32. The number of nitrogens with one attached hydrogen (secondary N) is 2. The summed E-state index contributed by atoms with van der Waals surface area (Å²) in [5.74, 6) is -0.135. The number of rotatable bonds is 5. The number of aromatic amines is 1.